The van der Waals surface area contributed by atoms with Crippen LogP contribution in [0.5, 0.6) is 5.75 Å². The molecule has 1 aliphatic heterocycles. The maximum absolute atomic E-state index is 13.8. The first kappa shape index (κ1) is 17.1. The molecular formula is C17H21FN2O3. The number of benzene rings is 1. The van der Waals surface area contributed by atoms with Crippen molar-refractivity contribution in [3.05, 3.63) is 29.6 Å². The lowest BCUT2D eigenvalue weighted by Crippen LogP contribution is -2.57. The number of terminal acetylenes is 1. The first-order chi connectivity index (χ1) is 11.0. The summed E-state index contributed by atoms with van der Waals surface area (Å²) >= 11 is 0. The third kappa shape index (κ3) is 4.36. The van der Waals surface area contributed by atoms with Gasteiger partial charge in [0.1, 0.15) is 24.8 Å². The van der Waals surface area contributed by atoms with Gasteiger partial charge in [-0.2, -0.15) is 0 Å². The summed E-state index contributed by atoms with van der Waals surface area (Å²) in [5, 5.41) is 3.24. The Kier molecular flexibility index (Phi) is 5.83. The van der Waals surface area contributed by atoms with Gasteiger partial charge in [-0.1, -0.05) is 5.92 Å². The van der Waals surface area contributed by atoms with E-state index < -0.39 is 11.9 Å². The van der Waals surface area contributed by atoms with Crippen molar-refractivity contribution in [1.29, 1.82) is 0 Å². The summed E-state index contributed by atoms with van der Waals surface area (Å²) in [6.45, 7) is 5.26. The molecule has 1 aromatic carbocycles. The lowest BCUT2D eigenvalue weighted by Gasteiger charge is -2.38. The summed E-state index contributed by atoms with van der Waals surface area (Å²) in [5.74, 6) is 2.33. The summed E-state index contributed by atoms with van der Waals surface area (Å²) in [7, 11) is 0. The Labute approximate surface area is 135 Å². The smallest absolute Gasteiger partial charge is 0.410 e. The van der Waals surface area contributed by atoms with E-state index in [-0.39, 0.29) is 30.9 Å². The maximum Gasteiger partial charge on any atom is 0.410 e. The molecule has 0 radical (unpaired) electrons. The van der Waals surface area contributed by atoms with Gasteiger partial charge < -0.3 is 19.7 Å². The van der Waals surface area contributed by atoms with Crippen molar-refractivity contribution in [3.8, 4) is 18.1 Å². The van der Waals surface area contributed by atoms with E-state index in [2.05, 4.69) is 11.2 Å². The Morgan fingerprint density at radius 1 is 1.43 bits per heavy atom. The highest BCUT2D eigenvalue weighted by Gasteiger charge is 2.30. The number of halogens is 1. The third-order valence-corrected chi connectivity index (χ3v) is 3.73. The van der Waals surface area contributed by atoms with Gasteiger partial charge in [-0.15, -0.1) is 6.42 Å². The topological polar surface area (TPSA) is 50.8 Å². The molecule has 2 atom stereocenters. The van der Waals surface area contributed by atoms with Gasteiger partial charge in [0.25, 0.3) is 0 Å². The normalized spacial score (nSPS) is 20.7. The number of amides is 1. The molecule has 2 rings (SSSR count). The van der Waals surface area contributed by atoms with Crippen LogP contribution in [0.4, 0.5) is 9.18 Å². The molecule has 0 aliphatic carbocycles. The van der Waals surface area contributed by atoms with E-state index in [0.717, 1.165) is 0 Å². The monoisotopic (exact) mass is 320 g/mol. The van der Waals surface area contributed by atoms with Crippen molar-refractivity contribution in [2.45, 2.75) is 32.5 Å². The summed E-state index contributed by atoms with van der Waals surface area (Å²) in [5.41, 5.74) is 0.253. The van der Waals surface area contributed by atoms with Crippen LogP contribution >= 0.6 is 0 Å². The van der Waals surface area contributed by atoms with E-state index in [4.69, 9.17) is 15.9 Å². The van der Waals surface area contributed by atoms with E-state index >= 15 is 0 Å². The largest absolute Gasteiger partial charge is 0.481 e. The molecule has 1 aliphatic rings. The highest BCUT2D eigenvalue weighted by molar-refractivity contribution is 5.68. The van der Waals surface area contributed by atoms with Crippen molar-refractivity contribution in [1.82, 2.24) is 10.2 Å². The second-order valence-electron chi connectivity index (χ2n) is 5.56. The van der Waals surface area contributed by atoms with Gasteiger partial charge in [0, 0.05) is 30.7 Å². The Hall–Kier alpha value is -2.26. The van der Waals surface area contributed by atoms with Crippen molar-refractivity contribution >= 4 is 6.09 Å². The van der Waals surface area contributed by atoms with E-state index in [9.17, 15) is 9.18 Å². The molecule has 6 heteroatoms. The summed E-state index contributed by atoms with van der Waals surface area (Å²) in [6, 6.07) is 4.30. The molecule has 23 heavy (non-hydrogen) atoms. The first-order valence-corrected chi connectivity index (χ1v) is 7.53. The van der Waals surface area contributed by atoms with Crippen LogP contribution in [0.1, 0.15) is 19.4 Å². The molecule has 1 heterocycles. The van der Waals surface area contributed by atoms with Gasteiger partial charge in [0.15, 0.2) is 0 Å². The van der Waals surface area contributed by atoms with Crippen LogP contribution in [0.3, 0.4) is 0 Å². The maximum atomic E-state index is 13.8. The summed E-state index contributed by atoms with van der Waals surface area (Å²) in [6.07, 6.45) is 4.68. The zero-order valence-electron chi connectivity index (χ0n) is 13.3. The molecule has 0 bridgehead atoms. The minimum atomic E-state index is -0.452. The molecule has 1 fully saturated rings. The number of rotatable bonds is 4. The lowest BCUT2D eigenvalue weighted by atomic mass is 10.1. The van der Waals surface area contributed by atoms with Crippen LogP contribution in [0.25, 0.3) is 0 Å². The number of hydrogen-bond donors (Lipinski definition) is 1. The zero-order chi connectivity index (χ0) is 16.8. The molecule has 1 N–H and O–H groups in total. The predicted molar refractivity (Wildman–Crippen MR) is 84.5 cm³/mol. The van der Waals surface area contributed by atoms with Gasteiger partial charge in [-0.3, -0.25) is 0 Å². The number of carbonyl (C=O) groups excluding carboxylic acids is 1. The van der Waals surface area contributed by atoms with E-state index in [1.54, 1.807) is 4.90 Å². The molecule has 0 saturated carbocycles. The highest BCUT2D eigenvalue weighted by Crippen LogP contribution is 2.19. The predicted octanol–water partition coefficient (Wildman–Crippen LogP) is 2.16. The Morgan fingerprint density at radius 2 is 2.13 bits per heavy atom. The fourth-order valence-corrected chi connectivity index (χ4v) is 2.58. The number of carbonyl (C=O) groups is 1. The zero-order valence-corrected chi connectivity index (χ0v) is 13.3. The van der Waals surface area contributed by atoms with Crippen molar-refractivity contribution in [2.24, 2.45) is 0 Å². The Bertz CT molecular complexity index is 590. The number of nitrogens with one attached hydrogen (secondary N) is 1. The summed E-state index contributed by atoms with van der Waals surface area (Å²) in [4.78, 5) is 13.9. The third-order valence-electron chi connectivity index (χ3n) is 3.73. The van der Waals surface area contributed by atoms with Crippen LogP contribution in [-0.4, -0.2) is 42.8 Å². The van der Waals surface area contributed by atoms with E-state index in [0.29, 0.717) is 18.8 Å². The van der Waals surface area contributed by atoms with Gasteiger partial charge in [0.05, 0.1) is 0 Å². The molecule has 1 saturated heterocycles. The average molecular weight is 320 g/mol. The second kappa shape index (κ2) is 7.84. The van der Waals surface area contributed by atoms with Gasteiger partial charge in [0.2, 0.25) is 0 Å². The Morgan fingerprint density at radius 3 is 2.78 bits per heavy atom. The minimum absolute atomic E-state index is 0.0291. The summed E-state index contributed by atoms with van der Waals surface area (Å²) < 4.78 is 24.3. The first-order valence-electron chi connectivity index (χ1n) is 7.53. The molecule has 1 aromatic rings. The highest BCUT2D eigenvalue weighted by atomic mass is 19.1. The van der Waals surface area contributed by atoms with Crippen LogP contribution in [0.2, 0.25) is 0 Å². The van der Waals surface area contributed by atoms with Crippen molar-refractivity contribution in [2.75, 3.05) is 19.7 Å². The van der Waals surface area contributed by atoms with Crippen LogP contribution in [0, 0.1) is 18.2 Å². The molecule has 124 valence electrons. The number of piperazine rings is 1. The van der Waals surface area contributed by atoms with E-state index in [1.807, 2.05) is 13.8 Å². The quantitative estimate of drug-likeness (QED) is 0.864. The molecular weight excluding hydrogens is 299 g/mol. The van der Waals surface area contributed by atoms with Gasteiger partial charge in [-0.05, 0) is 32.0 Å². The standard InChI is InChI=1S/C17H21FN2O3/c1-4-7-22-15-5-6-16(18)14(8-15)11-23-17(21)20-12(2)9-19-10-13(20)3/h1,5-6,8,12-13,19H,7,9-11H2,2-3H3/t12-,13+. The van der Waals surface area contributed by atoms with Crippen molar-refractivity contribution in [3.63, 3.8) is 0 Å². The molecule has 0 aromatic heterocycles. The Balaban J connectivity index is 1.99. The number of hydrogen-bond acceptors (Lipinski definition) is 4. The average Bonchev–Trinajstić information content (AvgIpc) is 2.52. The van der Waals surface area contributed by atoms with Crippen LogP contribution < -0.4 is 10.1 Å². The minimum Gasteiger partial charge on any atom is -0.481 e. The number of ether oxygens (including phenoxy) is 2. The fraction of sp³-hybridized carbons (Fsp3) is 0.471. The second-order valence-corrected chi connectivity index (χ2v) is 5.56. The van der Waals surface area contributed by atoms with E-state index in [1.165, 1.54) is 18.2 Å². The molecule has 0 spiro atoms. The fourth-order valence-electron chi connectivity index (χ4n) is 2.58. The van der Waals surface area contributed by atoms with Crippen molar-refractivity contribution < 1.29 is 18.7 Å². The molecule has 0 unspecified atom stereocenters. The molecule has 5 nitrogen and oxygen atoms in total. The number of nitrogens with zero attached hydrogens (tertiary/aromatic N) is 1. The van der Waals surface area contributed by atoms with Crippen LogP contribution in [-0.2, 0) is 11.3 Å². The van der Waals surface area contributed by atoms with Gasteiger partial charge in [-0.25, -0.2) is 9.18 Å². The van der Waals surface area contributed by atoms with Gasteiger partial charge >= 0.3 is 6.09 Å². The lowest BCUT2D eigenvalue weighted by molar-refractivity contribution is 0.0557. The van der Waals surface area contributed by atoms with Crippen LogP contribution in [0.15, 0.2) is 18.2 Å². The molecule has 1 amide bonds. The SMILES string of the molecule is C#CCOc1ccc(F)c(COC(=O)N2[C@H](C)CNC[C@@H]2C)c1.